The Morgan fingerprint density at radius 1 is 1.06 bits per heavy atom. The highest BCUT2D eigenvalue weighted by Gasteiger charge is 2.16. The van der Waals surface area contributed by atoms with Crippen LogP contribution in [0.4, 0.5) is 5.69 Å². The number of anilines is 1. The zero-order valence-electron chi connectivity index (χ0n) is 17.0. The van der Waals surface area contributed by atoms with Crippen LogP contribution in [-0.2, 0) is 16.6 Å². The van der Waals surface area contributed by atoms with Gasteiger partial charge in [-0.05, 0) is 42.5 Å². The van der Waals surface area contributed by atoms with Crippen molar-refractivity contribution in [2.75, 3.05) is 4.72 Å². The van der Waals surface area contributed by atoms with Gasteiger partial charge in [0.25, 0.3) is 15.9 Å². The summed E-state index contributed by atoms with van der Waals surface area (Å²) in [6, 6.07) is 17.5. The molecular weight excluding hydrogens is 501 g/mol. The van der Waals surface area contributed by atoms with Gasteiger partial charge in [-0.2, -0.15) is 4.99 Å². The van der Waals surface area contributed by atoms with Crippen LogP contribution in [0.3, 0.4) is 0 Å². The zero-order valence-corrected chi connectivity index (χ0v) is 20.2. The standard InChI is InChI=1S/C23H17Cl2N3O3S2/c1-2-13-28-20-18(24)11-12-19(25)21(20)32-23(28)26-22(29)15-7-6-8-16(14-15)27-33(30,31)17-9-4-3-5-10-17/h2-12,14,27H,1,13H2. The Labute approximate surface area is 204 Å². The Balaban J connectivity index is 1.72. The molecule has 0 atom stereocenters. The minimum Gasteiger partial charge on any atom is -0.311 e. The molecule has 1 N–H and O–H groups in total. The first-order chi connectivity index (χ1) is 15.8. The molecule has 3 aromatic carbocycles. The van der Waals surface area contributed by atoms with Gasteiger partial charge in [-0.3, -0.25) is 9.52 Å². The van der Waals surface area contributed by atoms with E-state index in [-0.39, 0.29) is 16.1 Å². The summed E-state index contributed by atoms with van der Waals surface area (Å²) < 4.78 is 30.2. The molecule has 4 rings (SSSR count). The minimum absolute atomic E-state index is 0.121. The number of carbonyl (C=O) groups excluding carboxylic acids is 1. The number of fused-ring (bicyclic) bond motifs is 1. The molecule has 1 amide bonds. The Hall–Kier alpha value is -2.91. The van der Waals surface area contributed by atoms with Gasteiger partial charge in [0.2, 0.25) is 0 Å². The molecule has 0 aliphatic rings. The molecule has 4 aromatic rings. The molecule has 0 unspecified atom stereocenters. The minimum atomic E-state index is -3.79. The number of aromatic nitrogens is 1. The average molecular weight is 518 g/mol. The van der Waals surface area contributed by atoms with Crippen molar-refractivity contribution >= 4 is 66.4 Å². The molecule has 0 saturated heterocycles. The van der Waals surface area contributed by atoms with Gasteiger partial charge in [0.1, 0.15) is 0 Å². The van der Waals surface area contributed by atoms with E-state index in [9.17, 15) is 13.2 Å². The molecule has 6 nitrogen and oxygen atoms in total. The maximum absolute atomic E-state index is 13.0. The summed E-state index contributed by atoms with van der Waals surface area (Å²) in [5.74, 6) is -0.535. The van der Waals surface area contributed by atoms with E-state index >= 15 is 0 Å². The van der Waals surface area contributed by atoms with Crippen molar-refractivity contribution in [2.45, 2.75) is 11.4 Å². The van der Waals surface area contributed by atoms with Crippen LogP contribution < -0.4 is 9.52 Å². The van der Waals surface area contributed by atoms with Gasteiger partial charge >= 0.3 is 0 Å². The molecule has 0 aliphatic heterocycles. The second kappa shape index (κ2) is 9.52. The fourth-order valence-corrected chi connectivity index (χ4v) is 5.90. The number of carbonyl (C=O) groups is 1. The van der Waals surface area contributed by atoms with E-state index in [4.69, 9.17) is 23.2 Å². The lowest BCUT2D eigenvalue weighted by atomic mass is 10.2. The number of amides is 1. The number of allylic oxidation sites excluding steroid dienone is 1. The average Bonchev–Trinajstić information content (AvgIpc) is 3.16. The summed E-state index contributed by atoms with van der Waals surface area (Å²) in [6.45, 7) is 4.14. The first kappa shape index (κ1) is 23.3. The van der Waals surface area contributed by atoms with E-state index in [1.807, 2.05) is 0 Å². The van der Waals surface area contributed by atoms with E-state index in [0.717, 1.165) is 0 Å². The molecule has 10 heteroatoms. The summed E-state index contributed by atoms with van der Waals surface area (Å²) in [7, 11) is -3.79. The van der Waals surface area contributed by atoms with Gasteiger partial charge in [0.15, 0.2) is 4.80 Å². The third kappa shape index (κ3) is 4.89. The molecule has 0 spiro atoms. The highest BCUT2D eigenvalue weighted by atomic mass is 35.5. The molecule has 0 fully saturated rings. The van der Waals surface area contributed by atoms with E-state index in [0.29, 0.717) is 31.6 Å². The van der Waals surface area contributed by atoms with Crippen LogP contribution >= 0.6 is 34.5 Å². The van der Waals surface area contributed by atoms with Crippen molar-refractivity contribution in [2.24, 2.45) is 4.99 Å². The number of rotatable bonds is 6. The van der Waals surface area contributed by atoms with Crippen molar-refractivity contribution < 1.29 is 13.2 Å². The number of nitrogens with one attached hydrogen (secondary N) is 1. The van der Waals surface area contributed by atoms with Crippen LogP contribution in [0.25, 0.3) is 10.2 Å². The molecule has 0 saturated carbocycles. The van der Waals surface area contributed by atoms with Gasteiger partial charge in [-0.25, -0.2) is 8.42 Å². The van der Waals surface area contributed by atoms with Crippen LogP contribution in [0.15, 0.2) is 89.3 Å². The van der Waals surface area contributed by atoms with Gasteiger partial charge in [-0.15, -0.1) is 6.58 Å². The molecule has 1 heterocycles. The second-order valence-corrected chi connectivity index (χ2v) is 10.4. The summed E-state index contributed by atoms with van der Waals surface area (Å²) in [4.78, 5) is 17.8. The second-order valence-electron chi connectivity index (χ2n) is 6.91. The monoisotopic (exact) mass is 517 g/mol. The summed E-state index contributed by atoms with van der Waals surface area (Å²) in [5.41, 5.74) is 1.15. The van der Waals surface area contributed by atoms with E-state index in [2.05, 4.69) is 16.3 Å². The van der Waals surface area contributed by atoms with Crippen molar-refractivity contribution in [3.05, 3.63) is 99.8 Å². The largest absolute Gasteiger partial charge is 0.311 e. The van der Waals surface area contributed by atoms with Crippen LogP contribution in [0.1, 0.15) is 10.4 Å². The lowest BCUT2D eigenvalue weighted by molar-refractivity contribution is 0.0998. The normalized spacial score (nSPS) is 12.1. The first-order valence-corrected chi connectivity index (χ1v) is 12.7. The molecule has 0 aliphatic carbocycles. The number of nitrogens with zero attached hydrogens (tertiary/aromatic N) is 2. The highest BCUT2D eigenvalue weighted by Crippen LogP contribution is 2.32. The molecule has 1 aromatic heterocycles. The molecule has 33 heavy (non-hydrogen) atoms. The van der Waals surface area contributed by atoms with Gasteiger partial charge in [-0.1, -0.05) is 64.9 Å². The third-order valence-electron chi connectivity index (χ3n) is 4.65. The van der Waals surface area contributed by atoms with Crippen molar-refractivity contribution in [1.82, 2.24) is 4.57 Å². The first-order valence-electron chi connectivity index (χ1n) is 9.65. The zero-order chi connectivity index (χ0) is 23.6. The van der Waals surface area contributed by atoms with Gasteiger partial charge in [0, 0.05) is 17.8 Å². The van der Waals surface area contributed by atoms with E-state index in [1.165, 1.54) is 29.5 Å². The van der Waals surface area contributed by atoms with Gasteiger partial charge < -0.3 is 4.57 Å². The number of sulfonamides is 1. The van der Waals surface area contributed by atoms with Crippen molar-refractivity contribution in [3.8, 4) is 0 Å². The van der Waals surface area contributed by atoms with Crippen LogP contribution in [0.5, 0.6) is 0 Å². The number of hydrogen-bond acceptors (Lipinski definition) is 4. The quantitative estimate of drug-likeness (QED) is 0.331. The fourth-order valence-electron chi connectivity index (χ4n) is 3.18. The summed E-state index contributed by atoms with van der Waals surface area (Å²) in [5, 5.41) is 0.988. The number of thiazole rings is 1. The Bertz CT molecular complexity index is 1540. The van der Waals surface area contributed by atoms with Crippen LogP contribution in [0.2, 0.25) is 10.0 Å². The lowest BCUT2D eigenvalue weighted by Crippen LogP contribution is -2.17. The predicted molar refractivity (Wildman–Crippen MR) is 134 cm³/mol. The molecular formula is C23H17Cl2N3O3S2. The van der Waals surface area contributed by atoms with Crippen LogP contribution in [-0.4, -0.2) is 18.9 Å². The lowest BCUT2D eigenvalue weighted by Gasteiger charge is -2.08. The fraction of sp³-hybridized carbons (Fsp3) is 0.0435. The Morgan fingerprint density at radius 3 is 2.52 bits per heavy atom. The number of halogens is 2. The summed E-state index contributed by atoms with van der Waals surface area (Å²) in [6.07, 6.45) is 1.67. The molecule has 0 bridgehead atoms. The molecule has 0 radical (unpaired) electrons. The topological polar surface area (TPSA) is 80.5 Å². The Morgan fingerprint density at radius 2 is 1.79 bits per heavy atom. The predicted octanol–water partition coefficient (Wildman–Crippen LogP) is 5.74. The third-order valence-corrected chi connectivity index (χ3v) is 7.89. The number of benzene rings is 3. The molecule has 168 valence electrons. The maximum Gasteiger partial charge on any atom is 0.279 e. The highest BCUT2D eigenvalue weighted by molar-refractivity contribution is 7.92. The van der Waals surface area contributed by atoms with Crippen LogP contribution in [0, 0.1) is 0 Å². The maximum atomic E-state index is 13.0. The smallest absolute Gasteiger partial charge is 0.279 e. The van der Waals surface area contributed by atoms with Crippen molar-refractivity contribution in [3.63, 3.8) is 0 Å². The Kier molecular flexibility index (Phi) is 6.71. The van der Waals surface area contributed by atoms with Gasteiger partial charge in [0.05, 0.1) is 25.2 Å². The summed E-state index contributed by atoms with van der Waals surface area (Å²) >= 11 is 13.9. The van der Waals surface area contributed by atoms with E-state index in [1.54, 1.807) is 59.2 Å². The van der Waals surface area contributed by atoms with E-state index < -0.39 is 15.9 Å². The SMILES string of the molecule is C=CCn1c(=NC(=O)c2cccc(NS(=O)(=O)c3ccccc3)c2)sc2c(Cl)ccc(Cl)c21. The van der Waals surface area contributed by atoms with Crippen molar-refractivity contribution in [1.29, 1.82) is 0 Å². The number of hydrogen-bond donors (Lipinski definition) is 1.